The number of benzene rings is 2. The van der Waals surface area contributed by atoms with Crippen LogP contribution in [0.2, 0.25) is 0 Å². The maximum absolute atomic E-state index is 14.9. The summed E-state index contributed by atoms with van der Waals surface area (Å²) in [5.41, 5.74) is 2.83. The number of aryl methyl sites for hydroxylation is 1. The van der Waals surface area contributed by atoms with E-state index in [1.54, 1.807) is 12.1 Å². The first kappa shape index (κ1) is 19.1. The van der Waals surface area contributed by atoms with Gasteiger partial charge in [0.25, 0.3) is 0 Å². The Balaban J connectivity index is 1.82. The van der Waals surface area contributed by atoms with Gasteiger partial charge >= 0.3 is 0 Å². The molecule has 0 nitrogen and oxygen atoms in total. The highest BCUT2D eigenvalue weighted by atomic mass is 19.2. The Morgan fingerprint density at radius 1 is 0.885 bits per heavy atom. The smallest absolute Gasteiger partial charge is 0.166 e. The van der Waals surface area contributed by atoms with E-state index in [0.29, 0.717) is 17.0 Å². The lowest BCUT2D eigenvalue weighted by atomic mass is 9.73. The molecule has 0 spiro atoms. The molecule has 26 heavy (non-hydrogen) atoms. The maximum atomic E-state index is 14.9. The zero-order chi connectivity index (χ0) is 18.7. The first-order valence-electron chi connectivity index (χ1n) is 10.1. The number of hydrogen-bond donors (Lipinski definition) is 0. The third-order valence-corrected chi connectivity index (χ3v) is 6.45. The summed E-state index contributed by atoms with van der Waals surface area (Å²) in [6.07, 6.45) is 6.86. The van der Waals surface area contributed by atoms with Crippen LogP contribution in [0.15, 0.2) is 36.4 Å². The van der Waals surface area contributed by atoms with Crippen LogP contribution in [0.25, 0.3) is 11.1 Å². The predicted octanol–water partition coefficient (Wildman–Crippen LogP) is 7.51. The molecule has 0 N–H and O–H groups in total. The number of hydrogen-bond acceptors (Lipinski definition) is 0. The van der Waals surface area contributed by atoms with E-state index in [-0.39, 0.29) is 5.92 Å². The highest BCUT2D eigenvalue weighted by Gasteiger charge is 2.28. The Kier molecular flexibility index (Phi) is 6.11. The van der Waals surface area contributed by atoms with Crippen LogP contribution in [0.1, 0.15) is 69.9 Å². The molecule has 0 aliphatic heterocycles. The fraction of sp³-hybridized carbons (Fsp3) is 0.500. The molecule has 1 aliphatic rings. The van der Waals surface area contributed by atoms with Crippen molar-refractivity contribution in [3.05, 3.63) is 59.2 Å². The lowest BCUT2D eigenvalue weighted by Crippen LogP contribution is -2.19. The normalized spacial score (nSPS) is 21.6. The molecule has 2 aromatic rings. The maximum Gasteiger partial charge on any atom is 0.166 e. The van der Waals surface area contributed by atoms with Crippen LogP contribution in [0.4, 0.5) is 8.78 Å². The molecule has 1 atom stereocenters. The second-order valence-corrected chi connectivity index (χ2v) is 7.86. The van der Waals surface area contributed by atoms with E-state index in [4.69, 9.17) is 0 Å². The lowest BCUT2D eigenvalue weighted by molar-refractivity contribution is 0.242. The van der Waals surface area contributed by atoms with Gasteiger partial charge in [0.1, 0.15) is 0 Å². The van der Waals surface area contributed by atoms with E-state index in [2.05, 4.69) is 20.8 Å². The monoisotopic (exact) mass is 356 g/mol. The molecular weight excluding hydrogens is 326 g/mol. The van der Waals surface area contributed by atoms with Crippen molar-refractivity contribution in [2.75, 3.05) is 0 Å². The first-order valence-corrected chi connectivity index (χ1v) is 10.1. The van der Waals surface area contributed by atoms with Crippen molar-refractivity contribution < 1.29 is 8.78 Å². The van der Waals surface area contributed by atoms with Crippen LogP contribution in [0.5, 0.6) is 0 Å². The van der Waals surface area contributed by atoms with E-state index < -0.39 is 11.6 Å². The molecular formula is C24H30F2. The highest BCUT2D eigenvalue weighted by molar-refractivity contribution is 5.65. The van der Waals surface area contributed by atoms with Gasteiger partial charge in [0.15, 0.2) is 11.6 Å². The fourth-order valence-electron chi connectivity index (χ4n) is 4.41. The van der Waals surface area contributed by atoms with Crippen molar-refractivity contribution in [2.24, 2.45) is 11.8 Å². The van der Waals surface area contributed by atoms with Gasteiger partial charge in [0.05, 0.1) is 0 Å². The summed E-state index contributed by atoms with van der Waals surface area (Å²) in [4.78, 5) is 0. The summed E-state index contributed by atoms with van der Waals surface area (Å²) in [5, 5.41) is 0. The minimum absolute atomic E-state index is 0.0684. The van der Waals surface area contributed by atoms with E-state index in [0.717, 1.165) is 30.7 Å². The molecule has 0 bridgehead atoms. The summed E-state index contributed by atoms with van der Waals surface area (Å²) >= 11 is 0. The Bertz CT molecular complexity index is 725. The summed E-state index contributed by atoms with van der Waals surface area (Å²) < 4.78 is 29.7. The van der Waals surface area contributed by atoms with Gasteiger partial charge < -0.3 is 0 Å². The van der Waals surface area contributed by atoms with E-state index in [9.17, 15) is 8.78 Å². The topological polar surface area (TPSA) is 0 Å². The van der Waals surface area contributed by atoms with Crippen molar-refractivity contribution >= 4 is 0 Å². The Morgan fingerprint density at radius 2 is 1.54 bits per heavy atom. The molecule has 0 saturated heterocycles. The average molecular weight is 356 g/mol. The summed E-state index contributed by atoms with van der Waals surface area (Å²) in [6, 6.07) is 11.3. The Morgan fingerprint density at radius 3 is 2.12 bits per heavy atom. The van der Waals surface area contributed by atoms with Gasteiger partial charge in [-0.3, -0.25) is 0 Å². The van der Waals surface area contributed by atoms with Gasteiger partial charge in [-0.25, -0.2) is 8.78 Å². The zero-order valence-corrected chi connectivity index (χ0v) is 16.2. The Hall–Kier alpha value is -1.70. The van der Waals surface area contributed by atoms with Crippen LogP contribution in [0.3, 0.4) is 0 Å². The van der Waals surface area contributed by atoms with Crippen molar-refractivity contribution in [3.63, 3.8) is 0 Å². The van der Waals surface area contributed by atoms with Crippen LogP contribution in [0, 0.1) is 23.5 Å². The van der Waals surface area contributed by atoms with Crippen LogP contribution in [-0.4, -0.2) is 0 Å². The van der Waals surface area contributed by atoms with E-state index in [1.165, 1.54) is 24.8 Å². The van der Waals surface area contributed by atoms with Gasteiger partial charge in [-0.2, -0.15) is 0 Å². The van der Waals surface area contributed by atoms with Crippen molar-refractivity contribution in [3.8, 4) is 11.1 Å². The van der Waals surface area contributed by atoms with Crippen molar-refractivity contribution in [1.29, 1.82) is 0 Å². The van der Waals surface area contributed by atoms with Crippen LogP contribution < -0.4 is 0 Å². The molecule has 1 aliphatic carbocycles. The minimum atomic E-state index is -0.708. The first-order chi connectivity index (χ1) is 12.5. The molecule has 0 heterocycles. The lowest BCUT2D eigenvalue weighted by Gasteiger charge is -2.32. The summed E-state index contributed by atoms with van der Waals surface area (Å²) in [7, 11) is 0. The van der Waals surface area contributed by atoms with Crippen molar-refractivity contribution in [2.45, 2.75) is 65.2 Å². The van der Waals surface area contributed by atoms with E-state index in [1.807, 2.05) is 24.3 Å². The molecule has 0 amide bonds. The third kappa shape index (κ3) is 3.84. The molecule has 2 aromatic carbocycles. The average Bonchev–Trinajstić information content (AvgIpc) is 2.70. The highest BCUT2D eigenvalue weighted by Crippen LogP contribution is 2.40. The van der Waals surface area contributed by atoms with Gasteiger partial charge in [-0.15, -0.1) is 0 Å². The van der Waals surface area contributed by atoms with Gasteiger partial charge in [-0.1, -0.05) is 76.4 Å². The number of rotatable bonds is 5. The van der Waals surface area contributed by atoms with Crippen molar-refractivity contribution in [1.82, 2.24) is 0 Å². The molecule has 1 unspecified atom stereocenters. The van der Waals surface area contributed by atoms with Crippen LogP contribution in [-0.2, 0) is 6.42 Å². The molecule has 0 aromatic heterocycles. The molecule has 0 radical (unpaired) electrons. The Labute approximate surface area is 156 Å². The van der Waals surface area contributed by atoms with Crippen LogP contribution >= 0.6 is 0 Å². The second-order valence-electron chi connectivity index (χ2n) is 7.86. The fourth-order valence-corrected chi connectivity index (χ4v) is 4.41. The second kappa shape index (κ2) is 8.33. The molecule has 1 fully saturated rings. The van der Waals surface area contributed by atoms with Gasteiger partial charge in [0.2, 0.25) is 0 Å². The SMILES string of the molecule is CCc1ccc(-c2ccc(C(C)C3CCC(CC)CC3)c(F)c2F)cc1. The predicted molar refractivity (Wildman–Crippen MR) is 105 cm³/mol. The minimum Gasteiger partial charge on any atom is -0.203 e. The largest absolute Gasteiger partial charge is 0.203 e. The molecule has 140 valence electrons. The van der Waals surface area contributed by atoms with Gasteiger partial charge in [-0.05, 0) is 53.7 Å². The quantitative estimate of drug-likeness (QED) is 0.520. The summed E-state index contributed by atoms with van der Waals surface area (Å²) in [5.74, 6) is -0.0262. The molecule has 2 heteroatoms. The zero-order valence-electron chi connectivity index (χ0n) is 16.2. The molecule has 3 rings (SSSR count). The standard InChI is InChI=1S/C24H30F2/c1-4-17-6-10-19(11-7-17)16(3)21-14-15-22(24(26)23(21)25)20-12-8-18(5-2)9-13-20/h8-9,12-17,19H,4-7,10-11H2,1-3H3. The van der Waals surface area contributed by atoms with E-state index >= 15 is 0 Å². The molecule has 1 saturated carbocycles. The number of halogens is 2. The van der Waals surface area contributed by atoms with Gasteiger partial charge in [0, 0.05) is 5.56 Å². The summed E-state index contributed by atoms with van der Waals surface area (Å²) in [6.45, 7) is 6.39. The third-order valence-electron chi connectivity index (χ3n) is 6.45.